The van der Waals surface area contributed by atoms with E-state index < -0.39 is 0 Å². The normalized spacial score (nSPS) is 18.2. The molecule has 0 spiro atoms. The maximum absolute atomic E-state index is 2.66. The van der Waals surface area contributed by atoms with Crippen LogP contribution in [0.5, 0.6) is 0 Å². The smallest absolute Gasteiger partial charge is 0.0712 e. The van der Waals surface area contributed by atoms with Gasteiger partial charge in [-0.05, 0) is 108 Å². The molecular formula is C46H61+. The van der Waals surface area contributed by atoms with Crippen molar-refractivity contribution in [1.82, 2.24) is 0 Å². The highest BCUT2D eigenvalue weighted by atomic mass is 14.4. The molecule has 0 aromatic heterocycles. The minimum absolute atomic E-state index is 0.00792. The molecule has 0 nitrogen and oxygen atoms in total. The lowest BCUT2D eigenvalue weighted by Gasteiger charge is -2.40. The van der Waals surface area contributed by atoms with E-state index in [1.165, 1.54) is 82.8 Å². The van der Waals surface area contributed by atoms with Gasteiger partial charge in [0.25, 0.3) is 0 Å². The van der Waals surface area contributed by atoms with Crippen molar-refractivity contribution in [3.63, 3.8) is 0 Å². The molecule has 4 aromatic carbocycles. The summed E-state index contributed by atoms with van der Waals surface area (Å²) in [5.74, 6) is 1.80. The lowest BCUT2D eigenvalue weighted by Crippen LogP contribution is -2.26. The van der Waals surface area contributed by atoms with Gasteiger partial charge in [0, 0.05) is 56.2 Å². The summed E-state index contributed by atoms with van der Waals surface area (Å²) in [5.41, 5.74) is 11.9. The summed E-state index contributed by atoms with van der Waals surface area (Å²) in [6.45, 7) is 43.5. The first-order valence-corrected chi connectivity index (χ1v) is 17.8. The van der Waals surface area contributed by atoms with E-state index in [9.17, 15) is 0 Å². The highest BCUT2D eigenvalue weighted by Gasteiger charge is 2.45. The van der Waals surface area contributed by atoms with Crippen LogP contribution in [0.15, 0.2) is 36.4 Å². The highest BCUT2D eigenvalue weighted by molar-refractivity contribution is 6.31. The van der Waals surface area contributed by atoms with Crippen LogP contribution >= 0.6 is 0 Å². The maximum Gasteiger partial charge on any atom is 0.109 e. The van der Waals surface area contributed by atoms with E-state index >= 15 is 0 Å². The average molecular weight is 614 g/mol. The van der Waals surface area contributed by atoms with E-state index in [1.54, 1.807) is 0 Å². The van der Waals surface area contributed by atoms with Gasteiger partial charge in [-0.25, -0.2) is 0 Å². The Hall–Kier alpha value is -2.73. The zero-order valence-electron chi connectivity index (χ0n) is 32.5. The van der Waals surface area contributed by atoms with Gasteiger partial charge in [-0.1, -0.05) is 95.2 Å². The van der Waals surface area contributed by atoms with Crippen LogP contribution in [0.2, 0.25) is 0 Å². The Morgan fingerprint density at radius 3 is 1.43 bits per heavy atom. The minimum Gasteiger partial charge on any atom is -0.0712 e. The molecule has 4 aromatic rings. The molecule has 2 aliphatic rings. The van der Waals surface area contributed by atoms with Crippen molar-refractivity contribution in [2.24, 2.45) is 21.7 Å². The highest BCUT2D eigenvalue weighted by Crippen LogP contribution is 2.60. The van der Waals surface area contributed by atoms with Crippen molar-refractivity contribution in [3.8, 4) is 0 Å². The van der Waals surface area contributed by atoms with Gasteiger partial charge < -0.3 is 0 Å². The third-order valence-corrected chi connectivity index (χ3v) is 10.9. The van der Waals surface area contributed by atoms with Crippen LogP contribution in [0.25, 0.3) is 43.5 Å². The predicted octanol–water partition coefficient (Wildman–Crippen LogP) is 14.2. The molecule has 0 heteroatoms. The summed E-state index contributed by atoms with van der Waals surface area (Å²) >= 11 is 0. The molecule has 0 aliphatic heterocycles. The zero-order valence-corrected chi connectivity index (χ0v) is 32.5. The van der Waals surface area contributed by atoms with Crippen LogP contribution in [-0.4, -0.2) is 0 Å². The largest absolute Gasteiger partial charge is 0.109 e. The Labute approximate surface area is 281 Å². The molecule has 0 saturated heterocycles. The standard InChI is InChI=1S/C46H61/c1-41(2,3)31-22-32(42(4,5)6)27-20-28-35(45(13,14)15)24-36(46(16,17)18)30-21-29-34(44(10,11)12)23-33(43(7,8)9)26-19-25(31)37(27)40(38(26)29)39(28)30/h19-24,31H,1-18H3/q+1. The van der Waals surface area contributed by atoms with Crippen LogP contribution in [0.3, 0.4) is 0 Å². The zero-order chi connectivity index (χ0) is 34.5. The number of allylic oxidation sites excluding steroid dienone is 4. The second kappa shape index (κ2) is 9.45. The average Bonchev–Trinajstić information content (AvgIpc) is 2.84. The van der Waals surface area contributed by atoms with Gasteiger partial charge in [0.2, 0.25) is 0 Å². The van der Waals surface area contributed by atoms with Crippen molar-refractivity contribution >= 4 is 43.5 Å². The third-order valence-electron chi connectivity index (χ3n) is 10.9. The molecule has 0 heterocycles. The second-order valence-electron chi connectivity index (χ2n) is 21.1. The van der Waals surface area contributed by atoms with Gasteiger partial charge in [0.15, 0.2) is 0 Å². The molecule has 0 saturated carbocycles. The molecule has 6 rings (SSSR count). The summed E-state index contributed by atoms with van der Waals surface area (Å²) in [6.07, 6.45) is 5.25. The lowest BCUT2D eigenvalue weighted by atomic mass is 9.61. The van der Waals surface area contributed by atoms with E-state index in [2.05, 4.69) is 161 Å². The van der Waals surface area contributed by atoms with Gasteiger partial charge >= 0.3 is 0 Å². The van der Waals surface area contributed by atoms with Crippen molar-refractivity contribution < 1.29 is 0 Å². The first-order valence-electron chi connectivity index (χ1n) is 17.8. The van der Waals surface area contributed by atoms with Crippen molar-refractivity contribution in [1.29, 1.82) is 0 Å². The van der Waals surface area contributed by atoms with E-state index in [0.29, 0.717) is 5.92 Å². The van der Waals surface area contributed by atoms with Gasteiger partial charge in [0.1, 0.15) is 5.56 Å². The fourth-order valence-corrected chi connectivity index (χ4v) is 8.62. The first kappa shape index (κ1) is 33.2. The van der Waals surface area contributed by atoms with Crippen LogP contribution in [0.4, 0.5) is 0 Å². The summed E-state index contributed by atoms with van der Waals surface area (Å²) < 4.78 is 0. The Morgan fingerprint density at radius 2 is 0.978 bits per heavy atom. The van der Waals surface area contributed by atoms with Crippen LogP contribution in [0, 0.1) is 27.6 Å². The summed E-state index contributed by atoms with van der Waals surface area (Å²) in [5, 5.41) is 8.91. The molecule has 1 unspecified atom stereocenters. The number of benzene rings is 4. The van der Waals surface area contributed by atoms with Crippen LogP contribution in [-0.2, 0) is 10.8 Å². The van der Waals surface area contributed by atoms with E-state index in [-0.39, 0.29) is 32.5 Å². The van der Waals surface area contributed by atoms with Crippen LogP contribution < -0.4 is 0 Å². The molecule has 0 radical (unpaired) electrons. The third kappa shape index (κ3) is 4.87. The minimum atomic E-state index is 0.00792. The molecule has 0 amide bonds. The number of hydrogen-bond donors (Lipinski definition) is 0. The molecule has 244 valence electrons. The molecule has 1 atom stereocenters. The van der Waals surface area contributed by atoms with Gasteiger partial charge in [-0.3, -0.25) is 0 Å². The van der Waals surface area contributed by atoms with E-state index in [0.717, 1.165) is 0 Å². The molecule has 0 fully saturated rings. The Bertz CT molecular complexity index is 1950. The predicted molar refractivity (Wildman–Crippen MR) is 206 cm³/mol. The summed E-state index contributed by atoms with van der Waals surface area (Å²) in [7, 11) is 0. The lowest BCUT2D eigenvalue weighted by molar-refractivity contribution is 0.365. The number of hydrogen-bond acceptors (Lipinski definition) is 0. The van der Waals surface area contributed by atoms with Gasteiger partial charge in [0.05, 0.1) is 16.9 Å². The quantitative estimate of drug-likeness (QED) is 0.137. The first-order chi connectivity index (χ1) is 20.6. The number of rotatable bonds is 0. The van der Waals surface area contributed by atoms with Crippen molar-refractivity contribution in [2.45, 2.75) is 141 Å². The summed E-state index contributed by atoms with van der Waals surface area (Å²) in [6, 6.07) is 10.5. The SMILES string of the molecule is CC(C)(C)C1=C[C+](C(C)(C)C)c2cc3c4c(cc5c(C(C)(C)C)cc(C(C)(C)C)c6cc1c2c4c65)C(C(C)(C)C)C=C3C(C)(C)C. The van der Waals surface area contributed by atoms with Crippen LogP contribution in [0.1, 0.15) is 164 Å². The topological polar surface area (TPSA) is 0 Å². The second-order valence-corrected chi connectivity index (χ2v) is 21.1. The molecule has 0 bridgehead atoms. The molecule has 46 heavy (non-hydrogen) atoms. The molecule has 0 N–H and O–H groups in total. The maximum atomic E-state index is 2.66. The van der Waals surface area contributed by atoms with E-state index in [1.807, 2.05) is 0 Å². The van der Waals surface area contributed by atoms with Crippen molar-refractivity contribution in [2.75, 3.05) is 0 Å². The monoisotopic (exact) mass is 613 g/mol. The Morgan fingerprint density at radius 1 is 0.478 bits per heavy atom. The Kier molecular flexibility index (Phi) is 6.82. The van der Waals surface area contributed by atoms with Crippen molar-refractivity contribution in [3.05, 3.63) is 75.7 Å². The fourth-order valence-electron chi connectivity index (χ4n) is 8.62. The van der Waals surface area contributed by atoms with E-state index in [4.69, 9.17) is 0 Å². The summed E-state index contributed by atoms with van der Waals surface area (Å²) in [4.78, 5) is 0. The Balaban J connectivity index is 2.03. The molecular weight excluding hydrogens is 553 g/mol. The van der Waals surface area contributed by atoms with Gasteiger partial charge in [-0.2, -0.15) is 0 Å². The van der Waals surface area contributed by atoms with Gasteiger partial charge in [-0.15, -0.1) is 0 Å². The molecule has 2 aliphatic carbocycles. The fraction of sp³-hybridized carbons (Fsp3) is 0.543.